The molecule has 0 heterocycles. The van der Waals surface area contributed by atoms with Crippen LogP contribution < -0.4 is 5.73 Å². The van der Waals surface area contributed by atoms with Gasteiger partial charge in [-0.2, -0.15) is 0 Å². The van der Waals surface area contributed by atoms with Crippen molar-refractivity contribution in [2.45, 2.75) is 38.9 Å². The minimum atomic E-state index is -0.405. The Labute approximate surface area is 96.7 Å². The number of hydrogen-bond acceptors (Lipinski definition) is 4. The van der Waals surface area contributed by atoms with E-state index in [-0.39, 0.29) is 5.60 Å². The summed E-state index contributed by atoms with van der Waals surface area (Å²) in [4.78, 5) is 2.65. The van der Waals surface area contributed by atoms with Crippen molar-refractivity contribution in [3.8, 4) is 0 Å². The number of ether oxygens (including phenoxy) is 2. The zero-order valence-corrected chi connectivity index (χ0v) is 10.6. The first-order chi connectivity index (χ1) is 7.33. The highest BCUT2D eigenvalue weighted by Gasteiger charge is 2.24. The van der Waals surface area contributed by atoms with E-state index in [0.717, 1.165) is 0 Å². The van der Waals surface area contributed by atoms with Gasteiger partial charge in [-0.1, -0.05) is 5.11 Å². The lowest BCUT2D eigenvalue weighted by molar-refractivity contribution is -0.115. The van der Waals surface area contributed by atoms with Crippen LogP contribution in [0.4, 0.5) is 0 Å². The summed E-state index contributed by atoms with van der Waals surface area (Å²) in [5.74, 6) is 0. The van der Waals surface area contributed by atoms with Crippen molar-refractivity contribution < 1.29 is 9.47 Å². The molecule has 0 aliphatic carbocycles. The van der Waals surface area contributed by atoms with Gasteiger partial charge in [-0.15, -0.1) is 0 Å². The van der Waals surface area contributed by atoms with Crippen LogP contribution in [0.1, 0.15) is 27.7 Å². The standard InChI is InChI=1S/C10H22N4O2/c1-9(2,7-11)16-8-10(3,4)15-6-5-13-14-12/h5-8,11H2,1-4H3. The van der Waals surface area contributed by atoms with Crippen molar-refractivity contribution in [3.05, 3.63) is 10.4 Å². The van der Waals surface area contributed by atoms with E-state index in [0.29, 0.717) is 26.3 Å². The van der Waals surface area contributed by atoms with Gasteiger partial charge in [-0.3, -0.25) is 0 Å². The van der Waals surface area contributed by atoms with E-state index in [4.69, 9.17) is 20.7 Å². The fourth-order valence-corrected chi connectivity index (χ4v) is 0.877. The lowest BCUT2D eigenvalue weighted by Crippen LogP contribution is -2.40. The minimum absolute atomic E-state index is 0.334. The van der Waals surface area contributed by atoms with Crippen LogP contribution in [0.25, 0.3) is 10.4 Å². The summed E-state index contributed by atoms with van der Waals surface area (Å²) in [5, 5.41) is 3.39. The van der Waals surface area contributed by atoms with Crippen LogP contribution in [-0.4, -0.2) is 37.5 Å². The maximum absolute atomic E-state index is 8.10. The van der Waals surface area contributed by atoms with Crippen LogP contribution >= 0.6 is 0 Å². The average Bonchev–Trinajstić information content (AvgIpc) is 2.22. The first-order valence-corrected chi connectivity index (χ1v) is 5.32. The number of rotatable bonds is 8. The summed E-state index contributed by atoms with van der Waals surface area (Å²) in [6, 6.07) is 0. The molecule has 0 unspecified atom stereocenters. The highest BCUT2D eigenvalue weighted by molar-refractivity contribution is 4.74. The summed E-state index contributed by atoms with van der Waals surface area (Å²) < 4.78 is 11.2. The Bertz CT molecular complexity index is 247. The van der Waals surface area contributed by atoms with Crippen LogP contribution in [0.5, 0.6) is 0 Å². The summed E-state index contributed by atoms with van der Waals surface area (Å²) in [5.41, 5.74) is 12.9. The third-order valence-electron chi connectivity index (χ3n) is 2.05. The van der Waals surface area contributed by atoms with Gasteiger partial charge in [-0.05, 0) is 33.2 Å². The van der Waals surface area contributed by atoms with E-state index in [9.17, 15) is 0 Å². The van der Waals surface area contributed by atoms with Crippen molar-refractivity contribution in [1.29, 1.82) is 0 Å². The molecule has 0 fully saturated rings. The number of hydrogen-bond donors (Lipinski definition) is 1. The summed E-state index contributed by atoms with van der Waals surface area (Å²) in [6.07, 6.45) is 0. The highest BCUT2D eigenvalue weighted by Crippen LogP contribution is 2.15. The molecule has 16 heavy (non-hydrogen) atoms. The molecule has 6 nitrogen and oxygen atoms in total. The zero-order valence-electron chi connectivity index (χ0n) is 10.6. The second-order valence-corrected chi connectivity index (χ2v) is 4.82. The van der Waals surface area contributed by atoms with Gasteiger partial charge >= 0.3 is 0 Å². The second-order valence-electron chi connectivity index (χ2n) is 4.82. The summed E-state index contributed by atoms with van der Waals surface area (Å²) in [7, 11) is 0. The van der Waals surface area contributed by atoms with Crippen LogP contribution in [0.15, 0.2) is 5.11 Å². The summed E-state index contributed by atoms with van der Waals surface area (Å²) >= 11 is 0. The molecular formula is C10H22N4O2. The second kappa shape index (κ2) is 6.70. The molecule has 2 N–H and O–H groups in total. The molecule has 0 spiro atoms. The Kier molecular flexibility index (Phi) is 6.36. The normalized spacial score (nSPS) is 12.3. The number of nitrogens with two attached hydrogens (primary N) is 1. The predicted molar refractivity (Wildman–Crippen MR) is 63.1 cm³/mol. The first kappa shape index (κ1) is 15.2. The van der Waals surface area contributed by atoms with Gasteiger partial charge in [0.25, 0.3) is 0 Å². The van der Waals surface area contributed by atoms with Crippen molar-refractivity contribution in [3.63, 3.8) is 0 Å². The van der Waals surface area contributed by atoms with Gasteiger partial charge in [0.1, 0.15) is 0 Å². The Balaban J connectivity index is 3.90. The van der Waals surface area contributed by atoms with E-state index < -0.39 is 5.60 Å². The molecule has 0 atom stereocenters. The monoisotopic (exact) mass is 230 g/mol. The average molecular weight is 230 g/mol. The maximum Gasteiger partial charge on any atom is 0.0859 e. The minimum Gasteiger partial charge on any atom is -0.373 e. The molecule has 0 aromatic heterocycles. The van der Waals surface area contributed by atoms with Gasteiger partial charge in [0.05, 0.1) is 24.4 Å². The largest absolute Gasteiger partial charge is 0.373 e. The Morgan fingerprint density at radius 3 is 2.31 bits per heavy atom. The summed E-state index contributed by atoms with van der Waals surface area (Å²) in [6.45, 7) is 9.36. The maximum atomic E-state index is 8.10. The molecule has 0 amide bonds. The first-order valence-electron chi connectivity index (χ1n) is 5.32. The van der Waals surface area contributed by atoms with Crippen molar-refractivity contribution in [2.75, 3.05) is 26.3 Å². The molecule has 0 rings (SSSR count). The van der Waals surface area contributed by atoms with E-state index in [2.05, 4.69) is 10.0 Å². The van der Waals surface area contributed by atoms with E-state index >= 15 is 0 Å². The van der Waals surface area contributed by atoms with Gasteiger partial charge in [-0.25, -0.2) is 0 Å². The molecule has 0 radical (unpaired) electrons. The van der Waals surface area contributed by atoms with Crippen LogP contribution in [-0.2, 0) is 9.47 Å². The molecule has 0 saturated heterocycles. The Hall–Kier alpha value is -0.810. The van der Waals surface area contributed by atoms with Crippen molar-refractivity contribution in [2.24, 2.45) is 10.8 Å². The highest BCUT2D eigenvalue weighted by atomic mass is 16.6. The zero-order chi connectivity index (χ0) is 12.7. The van der Waals surface area contributed by atoms with Gasteiger partial charge in [0, 0.05) is 18.0 Å². The molecule has 94 valence electrons. The lowest BCUT2D eigenvalue weighted by Gasteiger charge is -2.31. The molecule has 0 aromatic rings. The van der Waals surface area contributed by atoms with Crippen LogP contribution in [0, 0.1) is 0 Å². The van der Waals surface area contributed by atoms with Crippen LogP contribution in [0.3, 0.4) is 0 Å². The molecule has 0 saturated carbocycles. The third-order valence-corrected chi connectivity index (χ3v) is 2.05. The van der Waals surface area contributed by atoms with E-state index in [1.54, 1.807) is 0 Å². The predicted octanol–water partition coefficient (Wildman–Crippen LogP) is 1.85. The number of azide groups is 1. The Morgan fingerprint density at radius 2 is 1.81 bits per heavy atom. The number of nitrogens with zero attached hydrogens (tertiary/aromatic N) is 3. The molecular weight excluding hydrogens is 208 g/mol. The van der Waals surface area contributed by atoms with Gasteiger partial charge in [0.15, 0.2) is 0 Å². The van der Waals surface area contributed by atoms with Crippen molar-refractivity contribution in [1.82, 2.24) is 0 Å². The smallest absolute Gasteiger partial charge is 0.0859 e. The Morgan fingerprint density at radius 1 is 1.19 bits per heavy atom. The van der Waals surface area contributed by atoms with E-state index in [1.807, 2.05) is 27.7 Å². The third kappa shape index (κ3) is 7.48. The van der Waals surface area contributed by atoms with Crippen molar-refractivity contribution >= 4 is 0 Å². The molecule has 0 aromatic carbocycles. The topological polar surface area (TPSA) is 93.2 Å². The van der Waals surface area contributed by atoms with Gasteiger partial charge in [0.2, 0.25) is 0 Å². The van der Waals surface area contributed by atoms with Gasteiger partial charge < -0.3 is 15.2 Å². The molecule has 0 aliphatic rings. The molecule has 0 aliphatic heterocycles. The fourth-order valence-electron chi connectivity index (χ4n) is 0.877. The SMILES string of the molecule is CC(C)(CN)OCC(C)(C)OCCN=[N+]=[N-]. The van der Waals surface area contributed by atoms with E-state index in [1.165, 1.54) is 0 Å². The lowest BCUT2D eigenvalue weighted by atomic mass is 10.1. The molecule has 0 bridgehead atoms. The fraction of sp³-hybridized carbons (Fsp3) is 1.00. The quantitative estimate of drug-likeness (QED) is 0.298. The molecule has 6 heteroatoms. The van der Waals surface area contributed by atoms with Crippen LogP contribution in [0.2, 0.25) is 0 Å².